The summed E-state index contributed by atoms with van der Waals surface area (Å²) < 4.78 is 45.7. The first-order chi connectivity index (χ1) is 17.5. The highest BCUT2D eigenvalue weighted by Gasteiger charge is 2.36. The molecule has 0 aliphatic heterocycles. The van der Waals surface area contributed by atoms with E-state index in [0.717, 1.165) is 17.4 Å². The van der Waals surface area contributed by atoms with Crippen LogP contribution in [0.25, 0.3) is 5.69 Å². The minimum atomic E-state index is -5.00. The molecule has 1 aliphatic rings. The van der Waals surface area contributed by atoms with E-state index in [9.17, 15) is 27.9 Å². The summed E-state index contributed by atoms with van der Waals surface area (Å²) in [4.78, 5) is 30.0. The maximum atomic E-state index is 13.4. The number of aryl methyl sites for hydroxylation is 1. The predicted molar refractivity (Wildman–Crippen MR) is 136 cm³/mol. The molecule has 8 nitrogen and oxygen atoms in total. The molecule has 1 fully saturated rings. The third-order valence-corrected chi connectivity index (χ3v) is 6.72. The molecule has 11 heteroatoms. The van der Waals surface area contributed by atoms with Gasteiger partial charge in [0.05, 0.1) is 11.3 Å². The van der Waals surface area contributed by atoms with Gasteiger partial charge in [0, 0.05) is 13.0 Å². The zero-order chi connectivity index (χ0) is 28.5. The number of nitrogens with one attached hydrogen (secondary N) is 1. The van der Waals surface area contributed by atoms with Gasteiger partial charge in [0.1, 0.15) is 11.5 Å². The molecule has 1 heterocycles. The van der Waals surface area contributed by atoms with E-state index in [2.05, 4.69) is 22.0 Å². The van der Waals surface area contributed by atoms with Crippen LogP contribution in [0.3, 0.4) is 0 Å². The summed E-state index contributed by atoms with van der Waals surface area (Å²) >= 11 is 0. The predicted octanol–water partition coefficient (Wildman–Crippen LogP) is 4.69. The minimum Gasteiger partial charge on any atom is -0.404 e. The van der Waals surface area contributed by atoms with E-state index in [0.29, 0.717) is 30.7 Å². The molecule has 3 rings (SSSR count). The Bertz CT molecular complexity index is 1180. The van der Waals surface area contributed by atoms with Crippen molar-refractivity contribution in [2.45, 2.75) is 85.1 Å². The number of aliphatic hydroxyl groups is 1. The van der Waals surface area contributed by atoms with Crippen LogP contribution in [0.15, 0.2) is 18.2 Å². The van der Waals surface area contributed by atoms with Gasteiger partial charge in [-0.25, -0.2) is 4.98 Å². The third-order valence-electron chi connectivity index (χ3n) is 6.72. The Balaban J connectivity index is 2.05. The summed E-state index contributed by atoms with van der Waals surface area (Å²) in [6, 6.07) is 4.33. The van der Waals surface area contributed by atoms with Gasteiger partial charge in [-0.05, 0) is 61.1 Å². The van der Waals surface area contributed by atoms with Crippen molar-refractivity contribution in [1.29, 1.82) is 0 Å². The molecule has 1 aliphatic carbocycles. The smallest absolute Gasteiger partial charge is 0.404 e. The summed E-state index contributed by atoms with van der Waals surface area (Å²) in [6.45, 7) is 9.61. The number of primary amides is 1. The number of halogens is 3. The lowest BCUT2D eigenvalue weighted by molar-refractivity contribution is -0.274. The molecular formula is C27H37F3N4O4. The number of carbonyl (C=O) groups excluding carboxylic acids is 2. The maximum Gasteiger partial charge on any atom is 0.573 e. The summed E-state index contributed by atoms with van der Waals surface area (Å²) in [5, 5.41) is 13.5. The fourth-order valence-electron chi connectivity index (χ4n) is 4.83. The molecule has 2 aromatic rings. The molecule has 1 saturated carbocycles. The van der Waals surface area contributed by atoms with E-state index < -0.39 is 29.5 Å². The second-order valence-corrected chi connectivity index (χ2v) is 11.5. The maximum absolute atomic E-state index is 13.4. The number of hydrogen-bond donors (Lipinski definition) is 3. The Hall–Kier alpha value is -3.08. The number of ether oxygens (including phenoxy) is 1. The van der Waals surface area contributed by atoms with Crippen molar-refractivity contribution in [3.8, 4) is 11.4 Å². The molecule has 1 aromatic carbocycles. The second-order valence-electron chi connectivity index (χ2n) is 11.5. The minimum absolute atomic E-state index is 0.0466. The first-order valence-corrected chi connectivity index (χ1v) is 12.8. The molecule has 0 saturated heterocycles. The van der Waals surface area contributed by atoms with Crippen molar-refractivity contribution in [2.75, 3.05) is 6.54 Å². The van der Waals surface area contributed by atoms with Crippen LogP contribution in [0, 0.1) is 11.3 Å². The molecule has 0 spiro atoms. The van der Waals surface area contributed by atoms with Gasteiger partial charge in [0.15, 0.2) is 11.4 Å². The fourth-order valence-corrected chi connectivity index (χ4v) is 4.83. The average molecular weight is 539 g/mol. The third kappa shape index (κ3) is 7.27. The molecule has 0 atom stereocenters. The molecule has 0 unspecified atom stereocenters. The molecule has 1 aromatic heterocycles. The zero-order valence-corrected chi connectivity index (χ0v) is 22.5. The SMILES string of the molecule is CCc1nc(C(=O)NCC2(O)CCC(C)CC2)c(C(N)=O)n1-c1ccc(CC(C)(C)C)cc1OC(F)(F)F. The number of nitrogens with two attached hydrogens (primary N) is 1. The molecule has 0 bridgehead atoms. The van der Waals surface area contributed by atoms with Gasteiger partial charge in [0.25, 0.3) is 11.8 Å². The average Bonchev–Trinajstić information content (AvgIpc) is 3.18. The van der Waals surface area contributed by atoms with Crippen LogP contribution in [0.5, 0.6) is 5.75 Å². The summed E-state index contributed by atoms with van der Waals surface area (Å²) in [5.74, 6) is -1.68. The van der Waals surface area contributed by atoms with Crippen LogP contribution in [-0.2, 0) is 12.8 Å². The number of nitrogens with zero attached hydrogens (tertiary/aromatic N) is 2. The Kier molecular flexibility index (Phi) is 8.50. The largest absolute Gasteiger partial charge is 0.573 e. The van der Waals surface area contributed by atoms with E-state index in [4.69, 9.17) is 5.73 Å². The summed E-state index contributed by atoms with van der Waals surface area (Å²) in [5.41, 5.74) is 4.16. The number of hydrogen-bond acceptors (Lipinski definition) is 5. The van der Waals surface area contributed by atoms with Crippen LogP contribution in [-0.4, -0.2) is 45.0 Å². The number of amides is 2. The first-order valence-electron chi connectivity index (χ1n) is 12.8. The molecule has 4 N–H and O–H groups in total. The van der Waals surface area contributed by atoms with Gasteiger partial charge in [-0.1, -0.05) is 40.7 Å². The van der Waals surface area contributed by atoms with Gasteiger partial charge >= 0.3 is 6.36 Å². The number of alkyl halides is 3. The van der Waals surface area contributed by atoms with Crippen LogP contribution >= 0.6 is 0 Å². The molecular weight excluding hydrogens is 501 g/mol. The fraction of sp³-hybridized carbons (Fsp3) is 0.593. The molecule has 38 heavy (non-hydrogen) atoms. The lowest BCUT2D eigenvalue weighted by Crippen LogP contribution is -2.45. The highest BCUT2D eigenvalue weighted by atomic mass is 19.4. The van der Waals surface area contributed by atoms with Gasteiger partial charge in [-0.15, -0.1) is 13.2 Å². The molecule has 210 valence electrons. The molecule has 2 amide bonds. The topological polar surface area (TPSA) is 119 Å². The number of imidazole rings is 1. The number of aromatic nitrogens is 2. The lowest BCUT2D eigenvalue weighted by atomic mass is 9.79. The zero-order valence-electron chi connectivity index (χ0n) is 22.5. The Morgan fingerprint density at radius 2 is 1.87 bits per heavy atom. The lowest BCUT2D eigenvalue weighted by Gasteiger charge is -2.34. The normalized spacial score (nSPS) is 20.3. The van der Waals surface area contributed by atoms with Crippen LogP contribution in [0.2, 0.25) is 0 Å². The van der Waals surface area contributed by atoms with Crippen LogP contribution < -0.4 is 15.8 Å². The van der Waals surface area contributed by atoms with Crippen LogP contribution in [0.1, 0.15) is 92.7 Å². The van der Waals surface area contributed by atoms with Crippen molar-refractivity contribution >= 4 is 11.8 Å². The van der Waals surface area contributed by atoms with Crippen molar-refractivity contribution in [3.05, 3.63) is 41.0 Å². The van der Waals surface area contributed by atoms with Gasteiger partial charge in [-0.2, -0.15) is 0 Å². The standard InChI is InChI=1S/C27H37F3N4O4/c1-6-20-33-21(24(36)32-15-26(37)11-9-16(2)10-12-26)22(23(31)35)34(20)18-8-7-17(14-25(3,4)5)13-19(18)38-27(28,29)30/h7-8,13,16,37H,6,9-12,14-15H2,1-5H3,(H2,31,35)(H,32,36). The highest BCUT2D eigenvalue weighted by molar-refractivity contribution is 6.05. The van der Waals surface area contributed by atoms with Crippen molar-refractivity contribution in [3.63, 3.8) is 0 Å². The number of rotatable bonds is 8. The van der Waals surface area contributed by atoms with Crippen LogP contribution in [0.4, 0.5) is 13.2 Å². The van der Waals surface area contributed by atoms with Crippen molar-refractivity contribution < 1.29 is 32.6 Å². The second kappa shape index (κ2) is 11.0. The number of carbonyl (C=O) groups is 2. The molecule has 0 radical (unpaired) electrons. The van der Waals surface area contributed by atoms with E-state index in [1.165, 1.54) is 12.1 Å². The monoisotopic (exact) mass is 538 g/mol. The van der Waals surface area contributed by atoms with Crippen molar-refractivity contribution in [1.82, 2.24) is 14.9 Å². The number of benzene rings is 1. The van der Waals surface area contributed by atoms with E-state index >= 15 is 0 Å². The first kappa shape index (κ1) is 29.5. The highest BCUT2D eigenvalue weighted by Crippen LogP contribution is 2.35. The summed E-state index contributed by atoms with van der Waals surface area (Å²) in [7, 11) is 0. The van der Waals surface area contributed by atoms with Crippen molar-refractivity contribution in [2.24, 2.45) is 17.1 Å². The summed E-state index contributed by atoms with van der Waals surface area (Å²) in [6.07, 6.45) is -1.66. The van der Waals surface area contributed by atoms with E-state index in [1.54, 1.807) is 13.0 Å². The Labute approximate surface area is 220 Å². The van der Waals surface area contributed by atoms with E-state index in [1.807, 2.05) is 20.8 Å². The van der Waals surface area contributed by atoms with Gasteiger partial charge in [0.2, 0.25) is 0 Å². The Morgan fingerprint density at radius 3 is 2.39 bits per heavy atom. The Morgan fingerprint density at radius 1 is 1.24 bits per heavy atom. The van der Waals surface area contributed by atoms with Gasteiger partial charge in [-0.3, -0.25) is 14.2 Å². The van der Waals surface area contributed by atoms with E-state index in [-0.39, 0.29) is 41.3 Å². The quantitative estimate of drug-likeness (QED) is 0.451. The van der Waals surface area contributed by atoms with Gasteiger partial charge < -0.3 is 20.9 Å².